The zero-order chi connectivity index (χ0) is 16.9. The number of rotatable bonds is 5. The van der Waals surface area contributed by atoms with Crippen LogP contribution in [0.3, 0.4) is 0 Å². The molecule has 1 aliphatic heterocycles. The molecule has 1 aliphatic carbocycles. The molecule has 1 aromatic rings. The number of amides is 1. The molecule has 1 unspecified atom stereocenters. The van der Waals surface area contributed by atoms with Crippen molar-refractivity contribution in [2.24, 2.45) is 0 Å². The summed E-state index contributed by atoms with van der Waals surface area (Å²) < 4.78 is 5.79. The molecule has 2 heterocycles. The minimum absolute atomic E-state index is 0.0910. The largest absolute Gasteiger partial charge is 0.375 e. The number of ether oxygens (including phenoxy) is 1. The van der Waals surface area contributed by atoms with Crippen LogP contribution in [0.5, 0.6) is 0 Å². The van der Waals surface area contributed by atoms with Crippen molar-refractivity contribution < 1.29 is 9.53 Å². The van der Waals surface area contributed by atoms with Gasteiger partial charge in [0, 0.05) is 31.9 Å². The average Bonchev–Trinajstić information content (AvgIpc) is 3.09. The van der Waals surface area contributed by atoms with Crippen LogP contribution < -0.4 is 16.6 Å². The number of carbonyl (C=O) groups is 1. The molecule has 8 heteroatoms. The molecule has 0 bridgehead atoms. The molecule has 0 spiro atoms. The molecule has 2 aliphatic rings. The van der Waals surface area contributed by atoms with E-state index in [0.717, 1.165) is 25.9 Å². The summed E-state index contributed by atoms with van der Waals surface area (Å²) in [6, 6.07) is 0.686. The van der Waals surface area contributed by atoms with Gasteiger partial charge in [-0.25, -0.2) is 4.79 Å². The van der Waals surface area contributed by atoms with Gasteiger partial charge >= 0.3 is 5.69 Å². The number of nitrogens with one attached hydrogen (secondary N) is 3. The lowest BCUT2D eigenvalue weighted by Gasteiger charge is -2.36. The van der Waals surface area contributed by atoms with Crippen LogP contribution in [0.1, 0.15) is 42.5 Å². The fraction of sp³-hybridized carbons (Fsp3) is 0.688. The summed E-state index contributed by atoms with van der Waals surface area (Å²) in [5, 5.41) is 2.71. The number of H-pyrrole nitrogens is 2. The van der Waals surface area contributed by atoms with E-state index in [2.05, 4.69) is 15.2 Å². The molecule has 2 fully saturated rings. The second-order valence-electron chi connectivity index (χ2n) is 6.46. The zero-order valence-corrected chi connectivity index (χ0v) is 13.7. The van der Waals surface area contributed by atoms with Gasteiger partial charge in [-0.15, -0.1) is 0 Å². The summed E-state index contributed by atoms with van der Waals surface area (Å²) in [6.07, 6.45) is 7.13. The molecule has 8 nitrogen and oxygen atoms in total. The Kier molecular flexibility index (Phi) is 5.47. The van der Waals surface area contributed by atoms with Crippen LogP contribution in [0.2, 0.25) is 0 Å². The molecule has 1 amide bonds. The van der Waals surface area contributed by atoms with Gasteiger partial charge in [0.15, 0.2) is 0 Å². The standard InChI is InChI=1S/C16H24N4O4/c21-14(13-9-18-16(23)19-15(13)22)17-6-5-12-10-20(7-8-24-12)11-3-1-2-4-11/h9,11-12H,1-8,10H2,(H,17,21)(H2,18,19,22,23). The molecule has 1 aromatic heterocycles. The van der Waals surface area contributed by atoms with Gasteiger partial charge in [0.25, 0.3) is 11.5 Å². The van der Waals surface area contributed by atoms with E-state index < -0.39 is 17.2 Å². The van der Waals surface area contributed by atoms with E-state index in [0.29, 0.717) is 19.0 Å². The summed E-state index contributed by atoms with van der Waals surface area (Å²) >= 11 is 0. The van der Waals surface area contributed by atoms with Crippen molar-refractivity contribution in [3.05, 3.63) is 32.6 Å². The first-order valence-electron chi connectivity index (χ1n) is 8.59. The van der Waals surface area contributed by atoms with Crippen LogP contribution in [0, 0.1) is 0 Å². The van der Waals surface area contributed by atoms with Crippen LogP contribution in [0.4, 0.5) is 0 Å². The lowest BCUT2D eigenvalue weighted by Crippen LogP contribution is -2.47. The smallest absolute Gasteiger partial charge is 0.325 e. The van der Waals surface area contributed by atoms with Crippen LogP contribution in [-0.4, -0.2) is 59.2 Å². The Hall–Kier alpha value is -1.93. The number of hydrogen-bond acceptors (Lipinski definition) is 5. The first kappa shape index (κ1) is 16.9. The van der Waals surface area contributed by atoms with Crippen molar-refractivity contribution in [1.82, 2.24) is 20.2 Å². The lowest BCUT2D eigenvalue weighted by atomic mass is 10.1. The third-order valence-corrected chi connectivity index (χ3v) is 4.83. The van der Waals surface area contributed by atoms with Crippen molar-refractivity contribution in [1.29, 1.82) is 0 Å². The topological polar surface area (TPSA) is 107 Å². The Balaban J connectivity index is 1.46. The van der Waals surface area contributed by atoms with E-state index >= 15 is 0 Å². The Morgan fingerprint density at radius 1 is 1.33 bits per heavy atom. The lowest BCUT2D eigenvalue weighted by molar-refractivity contribution is -0.0449. The number of hydrogen-bond donors (Lipinski definition) is 3. The number of carbonyl (C=O) groups excluding carboxylic acids is 1. The van der Waals surface area contributed by atoms with E-state index in [-0.39, 0.29) is 11.7 Å². The Bertz CT molecular complexity index is 677. The summed E-state index contributed by atoms with van der Waals surface area (Å²) in [7, 11) is 0. The van der Waals surface area contributed by atoms with Crippen LogP contribution >= 0.6 is 0 Å². The molecule has 24 heavy (non-hydrogen) atoms. The van der Waals surface area contributed by atoms with E-state index in [9.17, 15) is 14.4 Å². The molecule has 132 valence electrons. The first-order chi connectivity index (χ1) is 11.6. The number of nitrogens with zero attached hydrogens (tertiary/aromatic N) is 1. The molecule has 1 atom stereocenters. The van der Waals surface area contributed by atoms with Gasteiger partial charge < -0.3 is 15.0 Å². The third-order valence-electron chi connectivity index (χ3n) is 4.83. The fourth-order valence-electron chi connectivity index (χ4n) is 3.54. The maximum absolute atomic E-state index is 12.0. The van der Waals surface area contributed by atoms with Gasteiger partial charge in [-0.2, -0.15) is 0 Å². The predicted molar refractivity (Wildman–Crippen MR) is 88.2 cm³/mol. The maximum atomic E-state index is 12.0. The van der Waals surface area contributed by atoms with Crippen molar-refractivity contribution in [3.63, 3.8) is 0 Å². The molecule has 0 aromatic carbocycles. The summed E-state index contributed by atoms with van der Waals surface area (Å²) in [4.78, 5) is 41.4. The highest BCUT2D eigenvalue weighted by Gasteiger charge is 2.28. The quantitative estimate of drug-likeness (QED) is 0.692. The second-order valence-corrected chi connectivity index (χ2v) is 6.46. The van der Waals surface area contributed by atoms with Gasteiger partial charge in [-0.05, 0) is 19.3 Å². The maximum Gasteiger partial charge on any atom is 0.325 e. The third kappa shape index (κ3) is 4.12. The van der Waals surface area contributed by atoms with Crippen molar-refractivity contribution in [2.45, 2.75) is 44.2 Å². The first-order valence-corrected chi connectivity index (χ1v) is 8.59. The van der Waals surface area contributed by atoms with E-state index in [4.69, 9.17) is 4.74 Å². The van der Waals surface area contributed by atoms with Gasteiger partial charge in [0.1, 0.15) is 5.56 Å². The summed E-state index contributed by atoms with van der Waals surface area (Å²) in [6.45, 7) is 3.05. The van der Waals surface area contributed by atoms with Crippen LogP contribution in [-0.2, 0) is 4.74 Å². The van der Waals surface area contributed by atoms with Crippen LogP contribution in [0.15, 0.2) is 15.8 Å². The van der Waals surface area contributed by atoms with Gasteiger partial charge in [0.2, 0.25) is 0 Å². The molecular weight excluding hydrogens is 312 g/mol. The molecular formula is C16H24N4O4. The molecule has 1 saturated heterocycles. The average molecular weight is 336 g/mol. The van der Waals surface area contributed by atoms with Crippen molar-refractivity contribution in [3.8, 4) is 0 Å². The molecule has 3 N–H and O–H groups in total. The van der Waals surface area contributed by atoms with Gasteiger partial charge in [0.05, 0.1) is 12.7 Å². The fourth-order valence-corrected chi connectivity index (χ4v) is 3.54. The number of morpholine rings is 1. The Morgan fingerprint density at radius 3 is 2.88 bits per heavy atom. The van der Waals surface area contributed by atoms with E-state index in [1.165, 1.54) is 25.7 Å². The molecule has 1 saturated carbocycles. The normalized spacial score (nSPS) is 22.6. The highest BCUT2D eigenvalue weighted by Crippen LogP contribution is 2.25. The monoisotopic (exact) mass is 336 g/mol. The van der Waals surface area contributed by atoms with Gasteiger partial charge in [-0.1, -0.05) is 12.8 Å². The highest BCUT2D eigenvalue weighted by atomic mass is 16.5. The Labute approximate surface area is 139 Å². The summed E-state index contributed by atoms with van der Waals surface area (Å²) in [5.74, 6) is -0.490. The highest BCUT2D eigenvalue weighted by molar-refractivity contribution is 5.93. The molecule has 0 radical (unpaired) electrons. The number of aromatic nitrogens is 2. The van der Waals surface area contributed by atoms with Gasteiger partial charge in [-0.3, -0.25) is 19.5 Å². The van der Waals surface area contributed by atoms with Crippen LogP contribution in [0.25, 0.3) is 0 Å². The minimum Gasteiger partial charge on any atom is -0.375 e. The SMILES string of the molecule is O=C(NCCC1CN(C2CCCC2)CCO1)c1c[nH]c(=O)[nH]c1=O. The Morgan fingerprint density at radius 2 is 2.12 bits per heavy atom. The van der Waals surface area contributed by atoms with E-state index in [1.54, 1.807) is 0 Å². The predicted octanol–water partition coefficient (Wildman–Crippen LogP) is -0.173. The zero-order valence-electron chi connectivity index (χ0n) is 13.7. The van der Waals surface area contributed by atoms with E-state index in [1.807, 2.05) is 4.98 Å². The minimum atomic E-state index is -0.683. The summed E-state index contributed by atoms with van der Waals surface area (Å²) in [5.41, 5.74) is -1.40. The van der Waals surface area contributed by atoms with Crippen molar-refractivity contribution >= 4 is 5.91 Å². The number of aromatic amines is 2. The van der Waals surface area contributed by atoms with Crippen molar-refractivity contribution in [2.75, 3.05) is 26.2 Å². The second kappa shape index (κ2) is 7.76. The molecule has 3 rings (SSSR count).